The van der Waals surface area contributed by atoms with Gasteiger partial charge in [0.25, 0.3) is 0 Å². The van der Waals surface area contributed by atoms with E-state index in [1.807, 2.05) is 43.3 Å². The average molecular weight is 392 g/mol. The summed E-state index contributed by atoms with van der Waals surface area (Å²) in [5, 5.41) is 3.48. The van der Waals surface area contributed by atoms with Gasteiger partial charge >= 0.3 is 0 Å². The summed E-state index contributed by atoms with van der Waals surface area (Å²) in [5.74, 6) is -0.795. The minimum absolute atomic E-state index is 0.0503. The summed E-state index contributed by atoms with van der Waals surface area (Å²) < 4.78 is 14.0. The van der Waals surface area contributed by atoms with Gasteiger partial charge in [-0.2, -0.15) is 0 Å². The van der Waals surface area contributed by atoms with Crippen molar-refractivity contribution in [1.29, 1.82) is 0 Å². The number of aromatic nitrogens is 1. The topological polar surface area (TPSA) is 40.5 Å². The molecule has 1 aliphatic heterocycles. The van der Waals surface area contributed by atoms with Gasteiger partial charge in [0, 0.05) is 31.9 Å². The second kappa shape index (κ2) is 6.54. The van der Waals surface area contributed by atoms with E-state index in [9.17, 15) is 4.79 Å². The van der Waals surface area contributed by atoms with Gasteiger partial charge in [-0.1, -0.05) is 23.2 Å². The lowest BCUT2D eigenvalue weighted by Gasteiger charge is -2.22. The molecule has 26 heavy (non-hydrogen) atoms. The third-order valence-corrected chi connectivity index (χ3v) is 5.21. The van der Waals surface area contributed by atoms with Gasteiger partial charge in [0.1, 0.15) is 11.9 Å². The molecule has 1 aromatic heterocycles. The van der Waals surface area contributed by atoms with Crippen molar-refractivity contribution in [3.63, 3.8) is 0 Å². The van der Waals surface area contributed by atoms with Crippen LogP contribution in [-0.4, -0.2) is 28.8 Å². The highest BCUT2D eigenvalue weighted by Crippen LogP contribution is 2.35. The number of ether oxygens (including phenoxy) is 2. The number of carbonyl (C=O) groups is 1. The molecule has 1 fully saturated rings. The van der Waals surface area contributed by atoms with E-state index in [1.165, 1.54) is 0 Å². The molecule has 2 aromatic carbocycles. The molecule has 2 unspecified atom stereocenters. The molecule has 2 atom stereocenters. The fraction of sp³-hybridized carbons (Fsp3) is 0.350. The number of carbonyl (C=O) groups excluding carboxylic acids is 1. The second-order valence-corrected chi connectivity index (χ2v) is 7.87. The van der Waals surface area contributed by atoms with Gasteiger partial charge in [-0.3, -0.25) is 4.79 Å². The first-order valence-corrected chi connectivity index (χ1v) is 9.28. The fourth-order valence-electron chi connectivity index (χ4n) is 3.77. The fourth-order valence-corrected chi connectivity index (χ4v) is 4.12. The van der Waals surface area contributed by atoms with E-state index in [-0.39, 0.29) is 18.3 Å². The van der Waals surface area contributed by atoms with Crippen molar-refractivity contribution in [1.82, 2.24) is 4.57 Å². The maximum atomic E-state index is 11.5. The molecule has 4 rings (SSSR count). The van der Waals surface area contributed by atoms with E-state index in [1.54, 1.807) is 6.92 Å². The zero-order valence-electron chi connectivity index (χ0n) is 14.6. The summed E-state index contributed by atoms with van der Waals surface area (Å²) in [6, 6.07) is 11.7. The first-order valence-electron chi connectivity index (χ1n) is 8.53. The Morgan fingerprint density at radius 1 is 1.15 bits per heavy atom. The van der Waals surface area contributed by atoms with Gasteiger partial charge < -0.3 is 14.0 Å². The summed E-state index contributed by atoms with van der Waals surface area (Å²) in [7, 11) is 0. The van der Waals surface area contributed by atoms with E-state index in [0.29, 0.717) is 23.2 Å². The van der Waals surface area contributed by atoms with Gasteiger partial charge in [0.15, 0.2) is 5.79 Å². The summed E-state index contributed by atoms with van der Waals surface area (Å²) in [4.78, 5) is 11.5. The van der Waals surface area contributed by atoms with E-state index < -0.39 is 5.79 Å². The van der Waals surface area contributed by atoms with E-state index in [2.05, 4.69) is 4.57 Å². The largest absolute Gasteiger partial charge is 0.347 e. The molecule has 0 bridgehead atoms. The highest BCUT2D eigenvalue weighted by Gasteiger charge is 2.38. The molecule has 4 nitrogen and oxygen atoms in total. The van der Waals surface area contributed by atoms with Crippen molar-refractivity contribution in [2.24, 2.45) is 0 Å². The predicted molar refractivity (Wildman–Crippen MR) is 104 cm³/mol. The number of fused-ring (bicyclic) bond motifs is 3. The molecule has 0 spiro atoms. The molecule has 0 radical (unpaired) electrons. The number of ketones is 1. The molecule has 136 valence electrons. The van der Waals surface area contributed by atoms with Crippen molar-refractivity contribution in [3.8, 4) is 0 Å². The number of benzene rings is 2. The zero-order chi connectivity index (χ0) is 18.5. The number of hydrogen-bond acceptors (Lipinski definition) is 3. The Labute approximate surface area is 161 Å². The lowest BCUT2D eigenvalue weighted by atomic mass is 10.1. The highest BCUT2D eigenvalue weighted by atomic mass is 35.5. The van der Waals surface area contributed by atoms with Crippen LogP contribution in [0.3, 0.4) is 0 Å². The molecule has 0 N–H and O–H groups in total. The van der Waals surface area contributed by atoms with Crippen LogP contribution in [0.2, 0.25) is 10.0 Å². The SMILES string of the molecule is CC(=O)CC1(C)OCC(Cn2c3ccc(Cl)cc3c3cc(Cl)ccc32)O1. The van der Waals surface area contributed by atoms with Crippen LogP contribution in [0, 0.1) is 0 Å². The van der Waals surface area contributed by atoms with Crippen molar-refractivity contribution < 1.29 is 14.3 Å². The molecular weight excluding hydrogens is 373 g/mol. The third-order valence-electron chi connectivity index (χ3n) is 4.74. The van der Waals surface area contributed by atoms with Crippen molar-refractivity contribution in [2.75, 3.05) is 6.61 Å². The summed E-state index contributed by atoms with van der Waals surface area (Å²) in [5.41, 5.74) is 2.13. The van der Waals surface area contributed by atoms with Crippen LogP contribution < -0.4 is 0 Å². The molecule has 2 heterocycles. The van der Waals surface area contributed by atoms with Gasteiger partial charge in [-0.15, -0.1) is 0 Å². The maximum absolute atomic E-state index is 11.5. The Morgan fingerprint density at radius 2 is 1.73 bits per heavy atom. The van der Waals surface area contributed by atoms with Gasteiger partial charge in [-0.05, 0) is 50.2 Å². The van der Waals surface area contributed by atoms with E-state index in [0.717, 1.165) is 21.8 Å². The third kappa shape index (κ3) is 3.23. The minimum atomic E-state index is -0.845. The Kier molecular flexibility index (Phi) is 4.48. The summed E-state index contributed by atoms with van der Waals surface area (Å²) in [6.45, 7) is 4.44. The van der Waals surface area contributed by atoms with Crippen LogP contribution in [-0.2, 0) is 20.8 Å². The van der Waals surface area contributed by atoms with Gasteiger partial charge in [0.05, 0.1) is 19.6 Å². The molecule has 0 aliphatic carbocycles. The van der Waals surface area contributed by atoms with E-state index >= 15 is 0 Å². The summed E-state index contributed by atoms with van der Waals surface area (Å²) in [6.07, 6.45) is 0.117. The summed E-state index contributed by atoms with van der Waals surface area (Å²) >= 11 is 12.4. The lowest BCUT2D eigenvalue weighted by Crippen LogP contribution is -2.30. The monoisotopic (exact) mass is 391 g/mol. The Balaban J connectivity index is 1.73. The molecule has 1 saturated heterocycles. The normalized spacial score (nSPS) is 23.2. The predicted octanol–water partition coefficient (Wildman–Crippen LogP) is 5.21. The number of nitrogens with zero attached hydrogens (tertiary/aromatic N) is 1. The molecular formula is C20H19Cl2NO3. The van der Waals surface area contributed by atoms with Crippen LogP contribution in [0.15, 0.2) is 36.4 Å². The van der Waals surface area contributed by atoms with Crippen LogP contribution in [0.4, 0.5) is 0 Å². The van der Waals surface area contributed by atoms with Crippen LogP contribution in [0.25, 0.3) is 21.8 Å². The first kappa shape index (κ1) is 17.8. The van der Waals surface area contributed by atoms with Crippen molar-refractivity contribution in [2.45, 2.75) is 38.7 Å². The molecule has 1 aliphatic rings. The van der Waals surface area contributed by atoms with Crippen LogP contribution in [0.1, 0.15) is 20.3 Å². The van der Waals surface area contributed by atoms with Gasteiger partial charge in [-0.25, -0.2) is 0 Å². The maximum Gasteiger partial charge on any atom is 0.173 e. The molecule has 3 aromatic rings. The highest BCUT2D eigenvalue weighted by molar-refractivity contribution is 6.33. The number of rotatable bonds is 4. The van der Waals surface area contributed by atoms with Crippen LogP contribution in [0.5, 0.6) is 0 Å². The minimum Gasteiger partial charge on any atom is -0.347 e. The standard InChI is InChI=1S/C20H19Cl2NO3/c1-12(24)9-20(2)25-11-15(26-20)10-23-18-5-3-13(21)7-16(18)17-8-14(22)4-6-19(17)23/h3-8,15H,9-11H2,1-2H3. The zero-order valence-corrected chi connectivity index (χ0v) is 16.1. The Morgan fingerprint density at radius 3 is 2.27 bits per heavy atom. The quantitative estimate of drug-likeness (QED) is 0.612. The number of halogens is 2. The van der Waals surface area contributed by atoms with Crippen molar-refractivity contribution in [3.05, 3.63) is 46.4 Å². The van der Waals surface area contributed by atoms with Crippen molar-refractivity contribution >= 4 is 50.8 Å². The second-order valence-electron chi connectivity index (χ2n) is 7.00. The average Bonchev–Trinajstić information content (AvgIpc) is 3.06. The van der Waals surface area contributed by atoms with E-state index in [4.69, 9.17) is 32.7 Å². The number of Topliss-reactive ketones (excluding diaryl/α,β-unsaturated/α-hetero) is 1. The molecule has 0 saturated carbocycles. The molecule has 0 amide bonds. The smallest absolute Gasteiger partial charge is 0.173 e. The lowest BCUT2D eigenvalue weighted by molar-refractivity contribution is -0.165. The Bertz CT molecular complexity index is 954. The molecule has 6 heteroatoms. The first-order chi connectivity index (χ1) is 12.3. The number of hydrogen-bond donors (Lipinski definition) is 0. The Hall–Kier alpha value is -1.59. The van der Waals surface area contributed by atoms with Crippen LogP contribution >= 0.6 is 23.2 Å². The van der Waals surface area contributed by atoms with Gasteiger partial charge in [0.2, 0.25) is 0 Å².